The fourth-order valence-electron chi connectivity index (χ4n) is 4.74. The number of aromatic nitrogens is 5. The molecule has 176 valence electrons. The molecule has 1 aliphatic carbocycles. The third-order valence-corrected chi connectivity index (χ3v) is 7.79. The number of H-pyrrole nitrogens is 2. The first-order valence-electron chi connectivity index (χ1n) is 12.0. The van der Waals surface area contributed by atoms with Crippen LogP contribution in [-0.4, -0.2) is 31.1 Å². The molecule has 8 heteroatoms. The van der Waals surface area contributed by atoms with E-state index in [9.17, 15) is 4.79 Å². The smallest absolute Gasteiger partial charge is 0.227 e. The van der Waals surface area contributed by atoms with Crippen molar-refractivity contribution in [2.45, 2.75) is 19.3 Å². The van der Waals surface area contributed by atoms with Gasteiger partial charge in [-0.2, -0.15) is 5.10 Å². The number of amides is 1. The van der Waals surface area contributed by atoms with Crippen LogP contribution in [-0.2, 0) is 4.79 Å². The van der Waals surface area contributed by atoms with E-state index in [1.165, 1.54) is 10.4 Å². The molecule has 1 aromatic carbocycles. The zero-order valence-corrected chi connectivity index (χ0v) is 20.1. The van der Waals surface area contributed by atoms with Gasteiger partial charge in [0.1, 0.15) is 11.2 Å². The molecule has 1 saturated carbocycles. The predicted octanol–water partition coefficient (Wildman–Crippen LogP) is 6.64. The number of benzene rings is 1. The third-order valence-electron chi connectivity index (χ3n) is 6.89. The normalized spacial score (nSPS) is 13.8. The summed E-state index contributed by atoms with van der Waals surface area (Å²) in [4.78, 5) is 26.4. The molecule has 0 unspecified atom stereocenters. The Kier molecular flexibility index (Phi) is 4.92. The van der Waals surface area contributed by atoms with Gasteiger partial charge in [0, 0.05) is 39.0 Å². The zero-order chi connectivity index (χ0) is 24.1. The Morgan fingerprint density at radius 1 is 1.03 bits per heavy atom. The molecule has 0 aliphatic heterocycles. The lowest BCUT2D eigenvalue weighted by Crippen LogP contribution is -2.28. The lowest BCUT2D eigenvalue weighted by atomic mass is 9.85. The highest BCUT2D eigenvalue weighted by molar-refractivity contribution is 7.13. The number of pyridine rings is 2. The molecule has 1 amide bonds. The maximum Gasteiger partial charge on any atom is 0.227 e. The molecule has 5 aromatic heterocycles. The van der Waals surface area contributed by atoms with Crippen LogP contribution in [0.2, 0.25) is 0 Å². The number of thiophene rings is 1. The van der Waals surface area contributed by atoms with Crippen molar-refractivity contribution < 1.29 is 4.79 Å². The molecule has 36 heavy (non-hydrogen) atoms. The van der Waals surface area contributed by atoms with Crippen LogP contribution in [0.1, 0.15) is 19.3 Å². The maximum atomic E-state index is 12.4. The number of fused-ring (bicyclic) bond motifs is 2. The van der Waals surface area contributed by atoms with Crippen molar-refractivity contribution in [3.05, 3.63) is 72.4 Å². The highest BCUT2D eigenvalue weighted by Crippen LogP contribution is 2.36. The second-order valence-corrected chi connectivity index (χ2v) is 10.1. The third kappa shape index (κ3) is 3.58. The van der Waals surface area contributed by atoms with E-state index in [4.69, 9.17) is 4.98 Å². The van der Waals surface area contributed by atoms with Crippen LogP contribution in [0.3, 0.4) is 0 Å². The van der Waals surface area contributed by atoms with Crippen LogP contribution in [0.15, 0.2) is 72.4 Å². The molecule has 7 nitrogen and oxygen atoms in total. The lowest BCUT2D eigenvalue weighted by molar-refractivity contribution is -0.122. The summed E-state index contributed by atoms with van der Waals surface area (Å²) in [5.41, 5.74) is 7.86. The lowest BCUT2D eigenvalue weighted by Gasteiger charge is -2.24. The predicted molar refractivity (Wildman–Crippen MR) is 144 cm³/mol. The van der Waals surface area contributed by atoms with Gasteiger partial charge >= 0.3 is 0 Å². The van der Waals surface area contributed by atoms with Crippen molar-refractivity contribution in [2.24, 2.45) is 5.92 Å². The molecule has 0 saturated heterocycles. The highest BCUT2D eigenvalue weighted by atomic mass is 32.1. The summed E-state index contributed by atoms with van der Waals surface area (Å²) < 4.78 is 0. The fourth-order valence-corrected chi connectivity index (χ4v) is 5.51. The largest absolute Gasteiger partial charge is 0.353 e. The van der Waals surface area contributed by atoms with Gasteiger partial charge in [0.15, 0.2) is 0 Å². The molecule has 5 heterocycles. The minimum Gasteiger partial charge on any atom is -0.353 e. The van der Waals surface area contributed by atoms with Crippen LogP contribution in [0.4, 0.5) is 5.69 Å². The Balaban J connectivity index is 1.26. The summed E-state index contributed by atoms with van der Waals surface area (Å²) in [5, 5.41) is 14.0. The number of rotatable bonds is 5. The zero-order valence-electron chi connectivity index (χ0n) is 19.3. The Morgan fingerprint density at radius 3 is 2.81 bits per heavy atom. The van der Waals surface area contributed by atoms with Crippen LogP contribution < -0.4 is 5.32 Å². The van der Waals surface area contributed by atoms with Crippen molar-refractivity contribution in [3.8, 4) is 33.1 Å². The number of carbonyl (C=O) groups excluding carboxylic acids is 1. The summed E-state index contributed by atoms with van der Waals surface area (Å²) in [5.74, 6) is 0.190. The average molecular weight is 491 g/mol. The van der Waals surface area contributed by atoms with Gasteiger partial charge in [-0.1, -0.05) is 24.6 Å². The molecular weight excluding hydrogens is 468 g/mol. The van der Waals surface area contributed by atoms with E-state index >= 15 is 0 Å². The number of hydrogen-bond donors (Lipinski definition) is 3. The van der Waals surface area contributed by atoms with Gasteiger partial charge in [0.05, 0.1) is 28.8 Å². The number of nitrogens with zero attached hydrogens (tertiary/aromatic N) is 3. The number of aromatic amines is 2. The van der Waals surface area contributed by atoms with Crippen LogP contribution in [0.25, 0.3) is 55.0 Å². The van der Waals surface area contributed by atoms with Crippen LogP contribution in [0, 0.1) is 5.92 Å². The maximum absolute atomic E-state index is 12.4. The van der Waals surface area contributed by atoms with Gasteiger partial charge in [-0.05, 0) is 54.6 Å². The Labute approximate surface area is 210 Å². The van der Waals surface area contributed by atoms with Crippen molar-refractivity contribution in [1.82, 2.24) is 25.1 Å². The van der Waals surface area contributed by atoms with Gasteiger partial charge in [0.25, 0.3) is 0 Å². The fraction of sp³-hybridized carbons (Fsp3) is 0.143. The molecule has 6 aromatic rings. The minimum atomic E-state index is 0.0708. The molecule has 0 spiro atoms. The Hall–Kier alpha value is -4.30. The topological polar surface area (TPSA) is 99.4 Å². The van der Waals surface area contributed by atoms with Gasteiger partial charge in [-0.25, -0.2) is 4.98 Å². The van der Waals surface area contributed by atoms with E-state index in [-0.39, 0.29) is 11.8 Å². The van der Waals surface area contributed by atoms with Crippen molar-refractivity contribution >= 4 is 44.9 Å². The highest BCUT2D eigenvalue weighted by Gasteiger charge is 2.25. The average Bonchev–Trinajstić information content (AvgIpc) is 3.61. The summed E-state index contributed by atoms with van der Waals surface area (Å²) in [6.07, 6.45) is 6.49. The van der Waals surface area contributed by atoms with Crippen molar-refractivity contribution in [3.63, 3.8) is 0 Å². The summed E-state index contributed by atoms with van der Waals surface area (Å²) in [6, 6.07) is 18.5. The van der Waals surface area contributed by atoms with E-state index in [0.29, 0.717) is 5.69 Å². The van der Waals surface area contributed by atoms with E-state index in [1.54, 1.807) is 23.7 Å². The molecule has 3 N–H and O–H groups in total. The standard InChI is InChI=1S/C28H22N6OS/c35-28(16-4-1-5-16)30-18-12-17(14-29-15-18)21-9-10-23-26(32-21)27(34-33-23)24-13-20-19(25-8-3-11-36-25)6-2-7-22(20)31-24/h2-3,6-16,31H,1,4-5H2,(H,30,35)(H,33,34). The van der Waals surface area contributed by atoms with E-state index < -0.39 is 0 Å². The Morgan fingerprint density at radius 2 is 1.97 bits per heavy atom. The molecule has 0 bridgehead atoms. The van der Waals surface area contributed by atoms with Gasteiger partial charge in [0.2, 0.25) is 5.91 Å². The molecule has 0 radical (unpaired) electrons. The van der Waals surface area contributed by atoms with Gasteiger partial charge < -0.3 is 10.3 Å². The summed E-state index contributed by atoms with van der Waals surface area (Å²) in [7, 11) is 0. The SMILES string of the molecule is O=C(Nc1cncc(-c2ccc3[nH]nc(-c4cc5c(-c6cccs6)cccc5[nH]4)c3n2)c1)C1CCC1. The molecule has 7 rings (SSSR count). The molecule has 1 aliphatic rings. The number of hydrogen-bond acceptors (Lipinski definition) is 5. The molecular formula is C28H22N6OS. The van der Waals surface area contributed by atoms with E-state index in [2.05, 4.69) is 67.3 Å². The van der Waals surface area contributed by atoms with Crippen LogP contribution in [0.5, 0.6) is 0 Å². The van der Waals surface area contributed by atoms with Crippen LogP contribution >= 0.6 is 11.3 Å². The van der Waals surface area contributed by atoms with Gasteiger partial charge in [-0.15, -0.1) is 11.3 Å². The second-order valence-electron chi connectivity index (χ2n) is 9.17. The van der Waals surface area contributed by atoms with Crippen molar-refractivity contribution in [1.29, 1.82) is 0 Å². The first-order valence-corrected chi connectivity index (χ1v) is 12.9. The van der Waals surface area contributed by atoms with E-state index in [1.807, 2.05) is 18.2 Å². The first-order chi connectivity index (χ1) is 17.7. The van der Waals surface area contributed by atoms with Crippen molar-refractivity contribution in [2.75, 3.05) is 5.32 Å². The molecule has 0 atom stereocenters. The number of anilines is 1. The summed E-state index contributed by atoms with van der Waals surface area (Å²) >= 11 is 1.73. The Bertz CT molecular complexity index is 1730. The summed E-state index contributed by atoms with van der Waals surface area (Å²) in [6.45, 7) is 0. The van der Waals surface area contributed by atoms with Gasteiger partial charge in [-0.3, -0.25) is 14.9 Å². The number of carbonyl (C=O) groups is 1. The molecule has 1 fully saturated rings. The quantitative estimate of drug-likeness (QED) is 0.252. The number of nitrogens with one attached hydrogen (secondary N) is 3. The van der Waals surface area contributed by atoms with E-state index in [0.717, 1.165) is 63.8 Å². The first kappa shape index (κ1) is 21.0. The monoisotopic (exact) mass is 490 g/mol. The minimum absolute atomic E-state index is 0.0708. The second kappa shape index (κ2) is 8.42.